The lowest BCUT2D eigenvalue weighted by Gasteiger charge is -2.30. The van der Waals surface area contributed by atoms with Gasteiger partial charge in [0.15, 0.2) is 5.13 Å². The monoisotopic (exact) mass is 416 g/mol. The fourth-order valence-corrected chi connectivity index (χ4v) is 4.69. The Labute approximate surface area is 181 Å². The van der Waals surface area contributed by atoms with Crippen molar-refractivity contribution in [2.45, 2.75) is 26.3 Å². The van der Waals surface area contributed by atoms with Gasteiger partial charge in [-0.3, -0.25) is 15.0 Å². The van der Waals surface area contributed by atoms with Crippen molar-refractivity contribution in [2.75, 3.05) is 18.4 Å². The van der Waals surface area contributed by atoms with Gasteiger partial charge in [-0.25, -0.2) is 4.98 Å². The largest absolute Gasteiger partial charge is 0.298 e. The van der Waals surface area contributed by atoms with Gasteiger partial charge in [0.05, 0.1) is 17.3 Å². The number of benzene rings is 2. The summed E-state index contributed by atoms with van der Waals surface area (Å²) in [5.74, 6) is 0.509. The van der Waals surface area contributed by atoms with Crippen LogP contribution in [-0.2, 0) is 6.54 Å². The average Bonchev–Trinajstić information content (AvgIpc) is 3.20. The highest BCUT2D eigenvalue weighted by Crippen LogP contribution is 2.28. The normalized spacial score (nSPS) is 16.7. The Hall–Kier alpha value is -3.01. The first-order valence-corrected chi connectivity index (χ1v) is 11.1. The van der Waals surface area contributed by atoms with E-state index in [4.69, 9.17) is 0 Å². The van der Waals surface area contributed by atoms with Crippen molar-refractivity contribution in [2.24, 2.45) is 5.92 Å². The summed E-state index contributed by atoms with van der Waals surface area (Å²) in [5, 5.41) is 15.0. The number of nitriles is 1. The summed E-state index contributed by atoms with van der Waals surface area (Å²) >= 11 is 1.45. The van der Waals surface area contributed by atoms with Crippen LogP contribution in [0.4, 0.5) is 5.13 Å². The van der Waals surface area contributed by atoms with Crippen molar-refractivity contribution < 1.29 is 4.79 Å². The number of carbonyl (C=O) groups is 1. The highest BCUT2D eigenvalue weighted by Gasteiger charge is 2.19. The maximum atomic E-state index is 13.0. The topological polar surface area (TPSA) is 69.0 Å². The Balaban J connectivity index is 1.50. The molecule has 1 aromatic heterocycles. The van der Waals surface area contributed by atoms with Crippen molar-refractivity contribution in [3.8, 4) is 17.2 Å². The molecule has 1 unspecified atom stereocenters. The van der Waals surface area contributed by atoms with Gasteiger partial charge in [0.2, 0.25) is 0 Å². The third-order valence-corrected chi connectivity index (χ3v) is 6.21. The second-order valence-electron chi connectivity index (χ2n) is 7.78. The van der Waals surface area contributed by atoms with Crippen LogP contribution in [-0.4, -0.2) is 28.9 Å². The quantitative estimate of drug-likeness (QED) is 0.623. The standard InChI is InChI=1S/C24H24N4OS/c1-17-7-6-12-28(14-17)15-19-16-30-24(26-19)27-23(29)22-11-5-4-10-21(22)20-9-3-2-8-18(20)13-25/h2-5,8-11,16-17H,6-7,12,14-15H2,1H3,(H,26,27,29). The average molecular weight is 417 g/mol. The Morgan fingerprint density at radius 1 is 1.23 bits per heavy atom. The Morgan fingerprint density at radius 3 is 2.80 bits per heavy atom. The number of amides is 1. The minimum Gasteiger partial charge on any atom is -0.298 e. The van der Waals surface area contributed by atoms with Crippen LogP contribution in [0.2, 0.25) is 0 Å². The van der Waals surface area contributed by atoms with Gasteiger partial charge in [-0.05, 0) is 43.0 Å². The van der Waals surface area contributed by atoms with Crippen molar-refractivity contribution in [3.05, 3.63) is 70.7 Å². The minimum atomic E-state index is -0.217. The van der Waals surface area contributed by atoms with Crippen LogP contribution in [0.3, 0.4) is 0 Å². The third-order valence-electron chi connectivity index (χ3n) is 5.41. The van der Waals surface area contributed by atoms with E-state index in [1.54, 1.807) is 12.1 Å². The first-order chi connectivity index (χ1) is 14.6. The number of aromatic nitrogens is 1. The number of piperidine rings is 1. The van der Waals surface area contributed by atoms with Gasteiger partial charge in [0.1, 0.15) is 0 Å². The molecule has 152 valence electrons. The first-order valence-electron chi connectivity index (χ1n) is 10.2. The molecule has 0 aliphatic carbocycles. The number of thiazole rings is 1. The fraction of sp³-hybridized carbons (Fsp3) is 0.292. The number of carbonyl (C=O) groups excluding carboxylic acids is 1. The zero-order valence-corrected chi connectivity index (χ0v) is 17.8. The molecular weight excluding hydrogens is 392 g/mol. The van der Waals surface area contributed by atoms with Gasteiger partial charge < -0.3 is 0 Å². The molecule has 1 saturated heterocycles. The Kier molecular flexibility index (Phi) is 6.22. The highest BCUT2D eigenvalue weighted by molar-refractivity contribution is 7.14. The number of hydrogen-bond acceptors (Lipinski definition) is 5. The number of rotatable bonds is 5. The van der Waals surface area contributed by atoms with Crippen LogP contribution in [0.25, 0.3) is 11.1 Å². The molecule has 1 atom stereocenters. The summed E-state index contributed by atoms with van der Waals surface area (Å²) in [5.41, 5.74) is 3.57. The van der Waals surface area contributed by atoms with Crippen molar-refractivity contribution in [3.63, 3.8) is 0 Å². The molecule has 3 aromatic rings. The van der Waals surface area contributed by atoms with Crippen molar-refractivity contribution in [1.29, 1.82) is 5.26 Å². The van der Waals surface area contributed by atoms with Crippen LogP contribution >= 0.6 is 11.3 Å². The van der Waals surface area contributed by atoms with Gasteiger partial charge in [-0.1, -0.05) is 43.3 Å². The van der Waals surface area contributed by atoms with Crippen LogP contribution in [0.1, 0.15) is 41.4 Å². The molecule has 1 fully saturated rings. The van der Waals surface area contributed by atoms with E-state index < -0.39 is 0 Å². The lowest BCUT2D eigenvalue weighted by molar-refractivity contribution is 0.102. The van der Waals surface area contributed by atoms with Crippen molar-refractivity contribution in [1.82, 2.24) is 9.88 Å². The molecule has 6 heteroatoms. The molecule has 0 radical (unpaired) electrons. The van der Waals surface area contributed by atoms with E-state index in [1.807, 2.05) is 41.8 Å². The number of hydrogen-bond donors (Lipinski definition) is 1. The second kappa shape index (κ2) is 9.21. The predicted octanol–water partition coefficient (Wildman–Crippen LogP) is 5.17. The summed E-state index contributed by atoms with van der Waals surface area (Å²) in [4.78, 5) is 20.1. The van der Waals surface area contributed by atoms with E-state index in [1.165, 1.54) is 24.2 Å². The Bertz CT molecular complexity index is 1080. The molecule has 2 aromatic carbocycles. The first kappa shape index (κ1) is 20.3. The zero-order chi connectivity index (χ0) is 20.9. The Morgan fingerprint density at radius 2 is 2.00 bits per heavy atom. The smallest absolute Gasteiger partial charge is 0.258 e. The summed E-state index contributed by atoms with van der Waals surface area (Å²) in [6.45, 7) is 5.32. The van der Waals surface area contributed by atoms with Gasteiger partial charge in [-0.2, -0.15) is 5.26 Å². The molecule has 1 N–H and O–H groups in total. The van der Waals surface area contributed by atoms with Gasteiger partial charge in [-0.15, -0.1) is 11.3 Å². The van der Waals surface area contributed by atoms with Crippen LogP contribution < -0.4 is 5.32 Å². The molecule has 1 amide bonds. The van der Waals surface area contributed by atoms with E-state index in [2.05, 4.69) is 28.2 Å². The van der Waals surface area contributed by atoms with Gasteiger partial charge in [0.25, 0.3) is 5.91 Å². The molecule has 0 saturated carbocycles. The molecule has 0 bridgehead atoms. The summed E-state index contributed by atoms with van der Waals surface area (Å²) in [6.07, 6.45) is 2.53. The minimum absolute atomic E-state index is 0.217. The molecule has 1 aliphatic heterocycles. The van der Waals surface area contributed by atoms with E-state index in [0.717, 1.165) is 42.4 Å². The maximum absolute atomic E-state index is 13.0. The predicted molar refractivity (Wildman–Crippen MR) is 120 cm³/mol. The maximum Gasteiger partial charge on any atom is 0.258 e. The van der Waals surface area contributed by atoms with Gasteiger partial charge in [0, 0.05) is 29.6 Å². The highest BCUT2D eigenvalue weighted by atomic mass is 32.1. The van der Waals surface area contributed by atoms with Crippen LogP contribution in [0.15, 0.2) is 53.9 Å². The number of anilines is 1. The lowest BCUT2D eigenvalue weighted by atomic mass is 9.95. The molecule has 30 heavy (non-hydrogen) atoms. The second-order valence-corrected chi connectivity index (χ2v) is 8.64. The molecule has 2 heterocycles. The SMILES string of the molecule is CC1CCCN(Cc2csc(NC(=O)c3ccccc3-c3ccccc3C#N)n2)C1. The van der Waals surface area contributed by atoms with Crippen LogP contribution in [0.5, 0.6) is 0 Å². The number of nitrogens with one attached hydrogen (secondary N) is 1. The third kappa shape index (κ3) is 4.59. The lowest BCUT2D eigenvalue weighted by Crippen LogP contribution is -2.33. The fourth-order valence-electron chi connectivity index (χ4n) is 3.99. The molecular formula is C24H24N4OS. The van der Waals surface area contributed by atoms with E-state index in [9.17, 15) is 10.1 Å². The van der Waals surface area contributed by atoms with Crippen molar-refractivity contribution >= 4 is 22.4 Å². The summed E-state index contributed by atoms with van der Waals surface area (Å²) in [6, 6.07) is 16.9. The molecule has 1 aliphatic rings. The van der Waals surface area contributed by atoms with Crippen LogP contribution in [0, 0.1) is 17.2 Å². The molecule has 0 spiro atoms. The van der Waals surface area contributed by atoms with E-state index in [-0.39, 0.29) is 5.91 Å². The summed E-state index contributed by atoms with van der Waals surface area (Å²) in [7, 11) is 0. The number of nitrogens with zero attached hydrogens (tertiary/aromatic N) is 3. The van der Waals surface area contributed by atoms with E-state index >= 15 is 0 Å². The zero-order valence-electron chi connectivity index (χ0n) is 17.0. The van der Waals surface area contributed by atoms with Gasteiger partial charge >= 0.3 is 0 Å². The summed E-state index contributed by atoms with van der Waals surface area (Å²) < 4.78 is 0. The molecule has 5 nitrogen and oxygen atoms in total. The number of likely N-dealkylation sites (tertiary alicyclic amines) is 1. The molecule has 4 rings (SSSR count). The van der Waals surface area contributed by atoms with E-state index in [0.29, 0.717) is 16.3 Å².